The van der Waals surface area contributed by atoms with Gasteiger partial charge in [-0.05, 0) is 56.4 Å². The van der Waals surface area contributed by atoms with Crippen LogP contribution in [0.25, 0.3) is 0 Å². The number of rotatable bonds is 4. The van der Waals surface area contributed by atoms with E-state index in [9.17, 15) is 4.39 Å². The van der Waals surface area contributed by atoms with Crippen LogP contribution in [-0.2, 0) is 0 Å². The van der Waals surface area contributed by atoms with E-state index in [0.717, 1.165) is 29.9 Å². The van der Waals surface area contributed by atoms with Gasteiger partial charge in [-0.3, -0.25) is 0 Å². The van der Waals surface area contributed by atoms with Gasteiger partial charge in [0.2, 0.25) is 0 Å². The van der Waals surface area contributed by atoms with Crippen molar-refractivity contribution in [1.29, 1.82) is 0 Å². The topological polar surface area (TPSA) is 25.2 Å². The molecule has 106 valence electrons. The quantitative estimate of drug-likeness (QED) is 0.897. The molecule has 1 atom stereocenters. The SMILES string of the molecule is Cc1ccc(C(C)NC2CC(c3ccccc3F)C2)o1. The first-order valence-electron chi connectivity index (χ1n) is 7.20. The molecule has 1 aliphatic rings. The molecule has 0 aliphatic heterocycles. The van der Waals surface area contributed by atoms with Gasteiger partial charge in [-0.25, -0.2) is 4.39 Å². The number of benzene rings is 1. The molecular formula is C17H20FNO. The number of aryl methyl sites for hydroxylation is 1. The molecule has 1 fully saturated rings. The van der Waals surface area contributed by atoms with Gasteiger partial charge in [0, 0.05) is 6.04 Å². The molecule has 1 heterocycles. The minimum absolute atomic E-state index is 0.0781. The van der Waals surface area contributed by atoms with Crippen molar-refractivity contribution in [3.63, 3.8) is 0 Å². The van der Waals surface area contributed by atoms with Crippen molar-refractivity contribution >= 4 is 0 Å². The standard InChI is InChI=1S/C17H20FNO/c1-11-7-8-17(20-11)12(2)19-14-9-13(10-14)15-5-3-4-6-16(15)18/h3-8,12-14,19H,9-10H2,1-2H3. The highest BCUT2D eigenvalue weighted by molar-refractivity contribution is 5.25. The summed E-state index contributed by atoms with van der Waals surface area (Å²) in [4.78, 5) is 0. The molecule has 3 rings (SSSR count). The fraction of sp³-hybridized carbons (Fsp3) is 0.412. The summed E-state index contributed by atoms with van der Waals surface area (Å²) in [5.41, 5.74) is 0.854. The smallest absolute Gasteiger partial charge is 0.126 e. The monoisotopic (exact) mass is 273 g/mol. The first kappa shape index (κ1) is 13.4. The Morgan fingerprint density at radius 3 is 2.60 bits per heavy atom. The van der Waals surface area contributed by atoms with Gasteiger partial charge >= 0.3 is 0 Å². The third-order valence-corrected chi connectivity index (χ3v) is 4.16. The van der Waals surface area contributed by atoms with Crippen molar-refractivity contribution in [1.82, 2.24) is 5.32 Å². The molecule has 1 saturated carbocycles. The second-order valence-electron chi connectivity index (χ2n) is 5.72. The van der Waals surface area contributed by atoms with Crippen molar-refractivity contribution in [3.8, 4) is 0 Å². The van der Waals surface area contributed by atoms with Gasteiger partial charge in [0.25, 0.3) is 0 Å². The first-order valence-corrected chi connectivity index (χ1v) is 7.20. The van der Waals surface area contributed by atoms with Crippen LogP contribution in [0.2, 0.25) is 0 Å². The first-order chi connectivity index (χ1) is 9.63. The van der Waals surface area contributed by atoms with Crippen molar-refractivity contribution in [2.24, 2.45) is 0 Å². The van der Waals surface area contributed by atoms with E-state index in [1.165, 1.54) is 0 Å². The van der Waals surface area contributed by atoms with E-state index in [4.69, 9.17) is 4.42 Å². The Morgan fingerprint density at radius 1 is 1.20 bits per heavy atom. The Hall–Kier alpha value is -1.61. The zero-order chi connectivity index (χ0) is 14.1. The van der Waals surface area contributed by atoms with E-state index >= 15 is 0 Å². The van der Waals surface area contributed by atoms with E-state index < -0.39 is 0 Å². The van der Waals surface area contributed by atoms with E-state index in [2.05, 4.69) is 12.2 Å². The highest BCUT2D eigenvalue weighted by Crippen LogP contribution is 2.38. The van der Waals surface area contributed by atoms with Crippen LogP contribution >= 0.6 is 0 Å². The summed E-state index contributed by atoms with van der Waals surface area (Å²) in [6.45, 7) is 4.06. The molecule has 1 unspecified atom stereocenters. The molecule has 0 spiro atoms. The van der Waals surface area contributed by atoms with Crippen LogP contribution in [0.15, 0.2) is 40.8 Å². The van der Waals surface area contributed by atoms with Crippen LogP contribution in [0.5, 0.6) is 0 Å². The predicted molar refractivity (Wildman–Crippen MR) is 77.2 cm³/mol. The van der Waals surface area contributed by atoms with Crippen LogP contribution in [0.4, 0.5) is 4.39 Å². The lowest BCUT2D eigenvalue weighted by Gasteiger charge is -2.38. The van der Waals surface area contributed by atoms with Crippen LogP contribution in [-0.4, -0.2) is 6.04 Å². The second kappa shape index (κ2) is 5.41. The molecule has 0 radical (unpaired) electrons. The molecule has 3 heteroatoms. The minimum atomic E-state index is -0.0781. The summed E-state index contributed by atoms with van der Waals surface area (Å²) in [6.07, 6.45) is 1.98. The van der Waals surface area contributed by atoms with Gasteiger partial charge in [-0.1, -0.05) is 18.2 Å². The number of hydrogen-bond donors (Lipinski definition) is 1. The largest absolute Gasteiger partial charge is 0.465 e. The summed E-state index contributed by atoms with van der Waals surface area (Å²) in [6, 6.07) is 11.7. The van der Waals surface area contributed by atoms with Gasteiger partial charge in [0.15, 0.2) is 0 Å². The van der Waals surface area contributed by atoms with Crippen molar-refractivity contribution in [2.75, 3.05) is 0 Å². The van der Waals surface area contributed by atoms with Gasteiger partial charge in [0.05, 0.1) is 6.04 Å². The summed E-state index contributed by atoms with van der Waals surface area (Å²) in [5, 5.41) is 3.55. The fourth-order valence-corrected chi connectivity index (χ4v) is 2.94. The van der Waals surface area contributed by atoms with E-state index in [1.54, 1.807) is 12.1 Å². The zero-order valence-corrected chi connectivity index (χ0v) is 11.9. The fourth-order valence-electron chi connectivity index (χ4n) is 2.94. The molecular weight excluding hydrogens is 253 g/mol. The van der Waals surface area contributed by atoms with Crippen LogP contribution in [0, 0.1) is 12.7 Å². The zero-order valence-electron chi connectivity index (χ0n) is 11.9. The van der Waals surface area contributed by atoms with E-state index in [1.807, 2.05) is 31.2 Å². The molecule has 2 nitrogen and oxygen atoms in total. The maximum Gasteiger partial charge on any atom is 0.126 e. The molecule has 0 saturated heterocycles. The highest BCUT2D eigenvalue weighted by Gasteiger charge is 2.32. The van der Waals surface area contributed by atoms with Gasteiger partial charge in [-0.15, -0.1) is 0 Å². The Balaban J connectivity index is 1.55. The Morgan fingerprint density at radius 2 is 1.95 bits per heavy atom. The predicted octanol–water partition coefficient (Wildman–Crippen LogP) is 4.32. The summed E-state index contributed by atoms with van der Waals surface area (Å²) >= 11 is 0. The molecule has 0 amide bonds. The van der Waals surface area contributed by atoms with Crippen LogP contribution < -0.4 is 5.32 Å². The average Bonchev–Trinajstić information content (AvgIpc) is 2.81. The third kappa shape index (κ3) is 2.63. The summed E-state index contributed by atoms with van der Waals surface area (Å²) < 4.78 is 19.3. The highest BCUT2D eigenvalue weighted by atomic mass is 19.1. The number of halogens is 1. The average molecular weight is 273 g/mol. The number of hydrogen-bond acceptors (Lipinski definition) is 2. The lowest BCUT2D eigenvalue weighted by molar-refractivity contribution is 0.254. The van der Waals surface area contributed by atoms with Gasteiger partial charge in [0.1, 0.15) is 17.3 Å². The number of furan rings is 1. The molecule has 0 bridgehead atoms. The van der Waals surface area contributed by atoms with Crippen molar-refractivity contribution in [2.45, 2.75) is 44.7 Å². The van der Waals surface area contributed by atoms with Crippen LogP contribution in [0.1, 0.15) is 48.8 Å². The third-order valence-electron chi connectivity index (χ3n) is 4.16. The lowest BCUT2D eigenvalue weighted by atomic mass is 9.75. The molecule has 1 aromatic heterocycles. The molecule has 2 aromatic rings. The normalized spacial score (nSPS) is 23.4. The number of nitrogens with one attached hydrogen (secondary N) is 1. The van der Waals surface area contributed by atoms with Crippen molar-refractivity contribution < 1.29 is 8.81 Å². The minimum Gasteiger partial charge on any atom is -0.465 e. The van der Waals surface area contributed by atoms with Gasteiger partial charge in [-0.2, -0.15) is 0 Å². The molecule has 20 heavy (non-hydrogen) atoms. The van der Waals surface area contributed by atoms with Gasteiger partial charge < -0.3 is 9.73 Å². The van der Waals surface area contributed by atoms with Crippen LogP contribution in [0.3, 0.4) is 0 Å². The Labute approximate surface area is 119 Å². The lowest BCUT2D eigenvalue weighted by Crippen LogP contribution is -2.41. The summed E-state index contributed by atoms with van der Waals surface area (Å²) in [5.74, 6) is 2.17. The molecule has 1 aliphatic carbocycles. The van der Waals surface area contributed by atoms with Crippen molar-refractivity contribution in [3.05, 3.63) is 59.3 Å². The van der Waals surface area contributed by atoms with E-state index in [0.29, 0.717) is 12.0 Å². The second-order valence-corrected chi connectivity index (χ2v) is 5.72. The maximum absolute atomic E-state index is 13.7. The van der Waals surface area contributed by atoms with E-state index in [-0.39, 0.29) is 11.9 Å². The maximum atomic E-state index is 13.7. The Kier molecular flexibility index (Phi) is 3.62. The molecule has 1 N–H and O–H groups in total. The molecule has 1 aromatic carbocycles. The Bertz CT molecular complexity index is 586. The summed E-state index contributed by atoms with van der Waals surface area (Å²) in [7, 11) is 0.